The van der Waals surface area contributed by atoms with Crippen molar-refractivity contribution in [2.75, 3.05) is 0 Å². The van der Waals surface area contributed by atoms with E-state index in [9.17, 15) is 9.59 Å². The number of fused-ring (bicyclic) bond motifs is 1. The van der Waals surface area contributed by atoms with E-state index in [1.165, 1.54) is 4.57 Å². The first-order valence-corrected chi connectivity index (χ1v) is 8.47. The number of hydrogen-bond acceptors (Lipinski definition) is 4. The fourth-order valence-electron chi connectivity index (χ4n) is 2.85. The molecule has 0 bridgehead atoms. The van der Waals surface area contributed by atoms with E-state index in [1.807, 2.05) is 19.1 Å². The van der Waals surface area contributed by atoms with E-state index >= 15 is 0 Å². The first-order valence-electron chi connectivity index (χ1n) is 8.09. The Hall–Kier alpha value is -3.45. The molecule has 0 unspecified atom stereocenters. The van der Waals surface area contributed by atoms with Gasteiger partial charge in [-0.05, 0) is 31.2 Å². The summed E-state index contributed by atoms with van der Waals surface area (Å²) in [6, 6.07) is 14.3. The smallest absolute Gasteiger partial charge is 0.332 e. The molecule has 8 heteroatoms. The molecule has 0 aliphatic rings. The first kappa shape index (κ1) is 17.0. The molecule has 134 valence electrons. The van der Waals surface area contributed by atoms with Gasteiger partial charge < -0.3 is 10.7 Å². The summed E-state index contributed by atoms with van der Waals surface area (Å²) in [5.74, 6) is -0.512. The van der Waals surface area contributed by atoms with E-state index in [0.717, 1.165) is 5.56 Å². The van der Waals surface area contributed by atoms with Gasteiger partial charge in [-0.3, -0.25) is 4.79 Å². The molecule has 0 aliphatic carbocycles. The molecule has 0 spiro atoms. The van der Waals surface area contributed by atoms with Crippen molar-refractivity contribution in [2.24, 2.45) is 5.73 Å². The third-order valence-corrected chi connectivity index (χ3v) is 4.38. The number of carbonyl (C=O) groups is 1. The standard InChI is InChI=1S/C19H14ClN5O2/c1-10-5-7-13(8-6-10)25-18-15(23-19(25)27)14(16(21)26)22-17(24-18)11-3-2-4-12(20)9-11/h2-9H,1H3,(H2,21,26)(H,23,27). The van der Waals surface area contributed by atoms with Gasteiger partial charge in [0.25, 0.3) is 5.91 Å². The number of halogens is 1. The number of amides is 1. The molecule has 4 aromatic rings. The quantitative estimate of drug-likeness (QED) is 0.570. The molecule has 0 atom stereocenters. The van der Waals surface area contributed by atoms with Crippen LogP contribution in [0.2, 0.25) is 5.02 Å². The minimum atomic E-state index is -0.761. The molecule has 1 amide bonds. The lowest BCUT2D eigenvalue weighted by Gasteiger charge is -2.07. The average Bonchev–Trinajstić information content (AvgIpc) is 2.97. The van der Waals surface area contributed by atoms with Gasteiger partial charge in [-0.1, -0.05) is 41.4 Å². The summed E-state index contributed by atoms with van der Waals surface area (Å²) in [4.78, 5) is 35.9. The monoisotopic (exact) mass is 379 g/mol. The fraction of sp³-hybridized carbons (Fsp3) is 0.0526. The summed E-state index contributed by atoms with van der Waals surface area (Å²) < 4.78 is 1.39. The van der Waals surface area contributed by atoms with Gasteiger partial charge in [-0.25, -0.2) is 19.3 Å². The zero-order valence-electron chi connectivity index (χ0n) is 14.2. The number of H-pyrrole nitrogens is 1. The van der Waals surface area contributed by atoms with Crippen LogP contribution in [0.15, 0.2) is 53.3 Å². The third-order valence-electron chi connectivity index (χ3n) is 4.15. The minimum Gasteiger partial charge on any atom is -0.364 e. The molecule has 0 saturated carbocycles. The molecule has 27 heavy (non-hydrogen) atoms. The van der Waals surface area contributed by atoms with Crippen LogP contribution >= 0.6 is 11.6 Å². The van der Waals surface area contributed by atoms with Crippen molar-refractivity contribution < 1.29 is 4.79 Å². The largest absolute Gasteiger partial charge is 0.364 e. The number of nitrogens with two attached hydrogens (primary N) is 1. The van der Waals surface area contributed by atoms with Crippen molar-refractivity contribution in [3.8, 4) is 17.1 Å². The fourth-order valence-corrected chi connectivity index (χ4v) is 3.04. The lowest BCUT2D eigenvalue weighted by molar-refractivity contribution is 0.0997. The molecule has 0 fully saturated rings. The highest BCUT2D eigenvalue weighted by atomic mass is 35.5. The van der Waals surface area contributed by atoms with Crippen LogP contribution in [0, 0.1) is 6.92 Å². The van der Waals surface area contributed by atoms with Gasteiger partial charge in [0.15, 0.2) is 17.2 Å². The second kappa shape index (κ2) is 6.37. The van der Waals surface area contributed by atoms with Gasteiger partial charge in [-0.15, -0.1) is 0 Å². The maximum absolute atomic E-state index is 12.6. The van der Waals surface area contributed by atoms with Crippen LogP contribution in [-0.2, 0) is 0 Å². The van der Waals surface area contributed by atoms with Gasteiger partial charge >= 0.3 is 5.69 Å². The van der Waals surface area contributed by atoms with Crippen molar-refractivity contribution in [1.82, 2.24) is 19.5 Å². The zero-order valence-corrected chi connectivity index (χ0v) is 15.0. The molecular weight excluding hydrogens is 366 g/mol. The predicted molar refractivity (Wildman–Crippen MR) is 103 cm³/mol. The van der Waals surface area contributed by atoms with Crippen molar-refractivity contribution in [3.05, 3.63) is 75.3 Å². The molecule has 0 aliphatic heterocycles. The SMILES string of the molecule is Cc1ccc(-n2c(=O)[nH]c3c(C(N)=O)nc(-c4cccc(Cl)c4)nc32)cc1. The van der Waals surface area contributed by atoms with Crippen molar-refractivity contribution in [1.29, 1.82) is 0 Å². The van der Waals surface area contributed by atoms with Gasteiger partial charge in [0, 0.05) is 10.6 Å². The highest BCUT2D eigenvalue weighted by molar-refractivity contribution is 6.30. The van der Waals surface area contributed by atoms with E-state index in [2.05, 4.69) is 15.0 Å². The van der Waals surface area contributed by atoms with E-state index in [1.54, 1.807) is 36.4 Å². The molecule has 2 aromatic heterocycles. The predicted octanol–water partition coefficient (Wildman–Crippen LogP) is 2.84. The average molecular weight is 380 g/mol. The maximum atomic E-state index is 12.6. The first-order chi connectivity index (χ1) is 12.9. The van der Waals surface area contributed by atoms with E-state index in [4.69, 9.17) is 17.3 Å². The lowest BCUT2D eigenvalue weighted by atomic mass is 10.2. The minimum absolute atomic E-state index is 0.0575. The summed E-state index contributed by atoms with van der Waals surface area (Å²) in [6.07, 6.45) is 0. The van der Waals surface area contributed by atoms with Crippen LogP contribution in [0.4, 0.5) is 0 Å². The highest BCUT2D eigenvalue weighted by Crippen LogP contribution is 2.24. The number of benzene rings is 2. The molecule has 7 nitrogen and oxygen atoms in total. The summed E-state index contributed by atoms with van der Waals surface area (Å²) in [5, 5.41) is 0.502. The lowest BCUT2D eigenvalue weighted by Crippen LogP contribution is -2.15. The molecule has 2 aromatic carbocycles. The normalized spacial score (nSPS) is 11.0. The second-order valence-electron chi connectivity index (χ2n) is 6.07. The molecule has 0 radical (unpaired) electrons. The molecule has 0 saturated heterocycles. The van der Waals surface area contributed by atoms with Gasteiger partial charge in [-0.2, -0.15) is 0 Å². The molecular formula is C19H14ClN5O2. The van der Waals surface area contributed by atoms with E-state index < -0.39 is 11.6 Å². The number of primary amides is 1. The number of rotatable bonds is 3. The Morgan fingerprint density at radius 1 is 1.15 bits per heavy atom. The molecule has 3 N–H and O–H groups in total. The molecule has 2 heterocycles. The third kappa shape index (κ3) is 2.98. The molecule has 4 rings (SSSR count). The van der Waals surface area contributed by atoms with Crippen LogP contribution in [0.1, 0.15) is 16.1 Å². The van der Waals surface area contributed by atoms with Gasteiger partial charge in [0.2, 0.25) is 0 Å². The number of carbonyl (C=O) groups excluding carboxylic acids is 1. The van der Waals surface area contributed by atoms with Crippen LogP contribution in [-0.4, -0.2) is 25.4 Å². The Kier molecular flexibility index (Phi) is 4.01. The summed E-state index contributed by atoms with van der Waals surface area (Å²) in [7, 11) is 0. The van der Waals surface area contributed by atoms with Crippen LogP contribution in [0.3, 0.4) is 0 Å². The zero-order chi connectivity index (χ0) is 19.1. The van der Waals surface area contributed by atoms with Crippen LogP contribution in [0.5, 0.6) is 0 Å². The van der Waals surface area contributed by atoms with E-state index in [-0.39, 0.29) is 22.7 Å². The van der Waals surface area contributed by atoms with Gasteiger partial charge in [0.1, 0.15) is 5.52 Å². The Bertz CT molecular complexity index is 1240. The number of nitrogens with zero attached hydrogens (tertiary/aromatic N) is 3. The summed E-state index contributed by atoms with van der Waals surface area (Å²) in [6.45, 7) is 1.95. The van der Waals surface area contributed by atoms with Crippen molar-refractivity contribution in [3.63, 3.8) is 0 Å². The highest BCUT2D eigenvalue weighted by Gasteiger charge is 2.20. The summed E-state index contributed by atoms with van der Waals surface area (Å²) >= 11 is 6.05. The number of nitrogens with one attached hydrogen (secondary N) is 1. The maximum Gasteiger partial charge on any atom is 0.332 e. The van der Waals surface area contributed by atoms with Crippen LogP contribution in [0.25, 0.3) is 28.2 Å². The number of aryl methyl sites for hydroxylation is 1. The Morgan fingerprint density at radius 3 is 2.56 bits per heavy atom. The topological polar surface area (TPSA) is 107 Å². The van der Waals surface area contributed by atoms with Crippen molar-refractivity contribution in [2.45, 2.75) is 6.92 Å². The number of aromatic amines is 1. The number of imidazole rings is 1. The van der Waals surface area contributed by atoms with Crippen molar-refractivity contribution >= 4 is 28.7 Å². The van der Waals surface area contributed by atoms with Crippen LogP contribution < -0.4 is 11.4 Å². The Labute approximate surface area is 158 Å². The second-order valence-corrected chi connectivity index (χ2v) is 6.51. The number of hydrogen-bond donors (Lipinski definition) is 2. The summed E-state index contributed by atoms with van der Waals surface area (Å²) in [5.41, 5.74) is 7.73. The Morgan fingerprint density at radius 2 is 1.89 bits per heavy atom. The number of aromatic nitrogens is 4. The van der Waals surface area contributed by atoms with E-state index in [0.29, 0.717) is 16.3 Å². The Balaban J connectivity index is 2.06. The van der Waals surface area contributed by atoms with Gasteiger partial charge in [0.05, 0.1) is 5.69 Å².